The van der Waals surface area contributed by atoms with Gasteiger partial charge in [-0.05, 0) is 23.3 Å². The lowest BCUT2D eigenvalue weighted by atomic mass is 9.98. The molecule has 1 amide bonds. The molecule has 0 spiro atoms. The Balaban J connectivity index is 1.82. The molecule has 1 heterocycles. The molecule has 0 saturated heterocycles. The van der Waals surface area contributed by atoms with Crippen LogP contribution in [-0.4, -0.2) is 15.9 Å². The maximum absolute atomic E-state index is 12.4. The summed E-state index contributed by atoms with van der Waals surface area (Å²) in [6, 6.07) is 17.1. The Kier molecular flexibility index (Phi) is 5.18. The highest BCUT2D eigenvalue weighted by Gasteiger charge is 2.17. The molecule has 0 aliphatic carbocycles. The van der Waals surface area contributed by atoms with E-state index in [1.807, 2.05) is 54.6 Å². The molecule has 4 nitrogen and oxygen atoms in total. The average Bonchev–Trinajstić information content (AvgIpc) is 2.62. The minimum absolute atomic E-state index is 0.112. The van der Waals surface area contributed by atoms with Gasteiger partial charge in [-0.2, -0.15) is 0 Å². The van der Waals surface area contributed by atoms with E-state index < -0.39 is 0 Å². The van der Waals surface area contributed by atoms with E-state index in [4.69, 9.17) is 11.6 Å². The van der Waals surface area contributed by atoms with Crippen LogP contribution < -0.4 is 5.32 Å². The van der Waals surface area contributed by atoms with Crippen molar-refractivity contribution in [3.05, 3.63) is 95.0 Å². The second kappa shape index (κ2) is 7.70. The zero-order chi connectivity index (χ0) is 16.8. The van der Waals surface area contributed by atoms with Gasteiger partial charge in [0.15, 0.2) is 0 Å². The third kappa shape index (κ3) is 4.18. The molecule has 24 heavy (non-hydrogen) atoms. The van der Waals surface area contributed by atoms with Crippen LogP contribution in [0.3, 0.4) is 0 Å². The van der Waals surface area contributed by atoms with E-state index in [1.54, 1.807) is 18.6 Å². The van der Waals surface area contributed by atoms with Crippen molar-refractivity contribution < 1.29 is 4.79 Å². The molecule has 0 aliphatic rings. The lowest BCUT2D eigenvalue weighted by molar-refractivity contribution is -0.121. The van der Waals surface area contributed by atoms with Crippen LogP contribution in [0.4, 0.5) is 0 Å². The Hall–Kier alpha value is -2.72. The molecule has 0 aliphatic heterocycles. The maximum Gasteiger partial charge on any atom is 0.226 e. The van der Waals surface area contributed by atoms with Gasteiger partial charge in [-0.25, -0.2) is 0 Å². The van der Waals surface area contributed by atoms with Gasteiger partial charge in [0.05, 0.1) is 18.2 Å². The molecule has 0 saturated carbocycles. The van der Waals surface area contributed by atoms with E-state index >= 15 is 0 Å². The molecule has 0 bridgehead atoms. The fraction of sp³-hybridized carbons (Fsp3) is 0.105. The first-order chi connectivity index (χ1) is 11.7. The number of rotatable bonds is 5. The molecule has 0 radical (unpaired) electrons. The normalized spacial score (nSPS) is 11.7. The van der Waals surface area contributed by atoms with Crippen molar-refractivity contribution in [1.82, 2.24) is 15.3 Å². The Labute approximate surface area is 145 Å². The van der Waals surface area contributed by atoms with Crippen molar-refractivity contribution in [2.75, 3.05) is 0 Å². The fourth-order valence-electron chi connectivity index (χ4n) is 2.46. The number of nitrogens with one attached hydrogen (secondary N) is 1. The SMILES string of the molecule is O=C(Cc1cnccn1)N[C@H](c1ccccc1)c1ccc(Cl)cc1. The summed E-state index contributed by atoms with van der Waals surface area (Å²) in [5.41, 5.74) is 2.61. The van der Waals surface area contributed by atoms with Crippen molar-refractivity contribution in [1.29, 1.82) is 0 Å². The van der Waals surface area contributed by atoms with Gasteiger partial charge >= 0.3 is 0 Å². The first-order valence-corrected chi connectivity index (χ1v) is 7.95. The second-order valence-corrected chi connectivity index (χ2v) is 5.77. The zero-order valence-electron chi connectivity index (χ0n) is 12.9. The number of amides is 1. The second-order valence-electron chi connectivity index (χ2n) is 5.34. The standard InChI is InChI=1S/C19H16ClN3O/c20-16-8-6-15(7-9-16)19(14-4-2-1-3-5-14)23-18(24)12-17-13-21-10-11-22-17/h1-11,13,19H,12H2,(H,23,24)/t19-/m1/s1. The highest BCUT2D eigenvalue weighted by molar-refractivity contribution is 6.30. The largest absolute Gasteiger partial charge is 0.345 e. The summed E-state index contributed by atoms with van der Waals surface area (Å²) < 4.78 is 0. The Morgan fingerprint density at radius 2 is 1.71 bits per heavy atom. The predicted molar refractivity (Wildman–Crippen MR) is 93.6 cm³/mol. The van der Waals surface area contributed by atoms with Crippen LogP contribution >= 0.6 is 11.6 Å². The zero-order valence-corrected chi connectivity index (χ0v) is 13.6. The average molecular weight is 338 g/mol. The number of halogens is 1. The van der Waals surface area contributed by atoms with E-state index in [2.05, 4.69) is 15.3 Å². The molecular weight excluding hydrogens is 322 g/mol. The van der Waals surface area contributed by atoms with Crippen molar-refractivity contribution in [3.8, 4) is 0 Å². The minimum atomic E-state index is -0.243. The van der Waals surface area contributed by atoms with Crippen LogP contribution in [0.5, 0.6) is 0 Å². The van der Waals surface area contributed by atoms with Crippen LogP contribution in [0.15, 0.2) is 73.2 Å². The van der Waals surface area contributed by atoms with Gasteiger partial charge in [0.2, 0.25) is 5.91 Å². The van der Waals surface area contributed by atoms with Gasteiger partial charge < -0.3 is 5.32 Å². The number of carbonyl (C=O) groups excluding carboxylic acids is 1. The van der Waals surface area contributed by atoms with E-state index in [0.717, 1.165) is 11.1 Å². The maximum atomic E-state index is 12.4. The van der Waals surface area contributed by atoms with Gasteiger partial charge in [0.25, 0.3) is 0 Å². The van der Waals surface area contributed by atoms with Gasteiger partial charge in [-0.3, -0.25) is 14.8 Å². The van der Waals surface area contributed by atoms with E-state index in [9.17, 15) is 4.79 Å². The van der Waals surface area contributed by atoms with E-state index in [0.29, 0.717) is 10.7 Å². The molecule has 1 aromatic heterocycles. The minimum Gasteiger partial charge on any atom is -0.345 e. The van der Waals surface area contributed by atoms with Crippen LogP contribution in [0.2, 0.25) is 5.02 Å². The van der Waals surface area contributed by atoms with Gasteiger partial charge in [-0.1, -0.05) is 54.1 Å². The molecule has 2 aromatic carbocycles. The molecule has 5 heteroatoms. The molecule has 120 valence electrons. The first kappa shape index (κ1) is 16.1. The number of aromatic nitrogens is 2. The molecule has 1 atom stereocenters. The van der Waals surface area contributed by atoms with Crippen molar-refractivity contribution in [3.63, 3.8) is 0 Å². The van der Waals surface area contributed by atoms with Crippen molar-refractivity contribution in [2.24, 2.45) is 0 Å². The summed E-state index contributed by atoms with van der Waals surface area (Å²) in [6.07, 6.45) is 4.95. The smallest absolute Gasteiger partial charge is 0.226 e. The summed E-state index contributed by atoms with van der Waals surface area (Å²) in [6.45, 7) is 0. The molecular formula is C19H16ClN3O. The lowest BCUT2D eigenvalue weighted by Gasteiger charge is -2.20. The number of carbonyl (C=O) groups is 1. The number of hydrogen-bond acceptors (Lipinski definition) is 3. The summed E-state index contributed by atoms with van der Waals surface area (Å²) in [4.78, 5) is 20.6. The highest BCUT2D eigenvalue weighted by Crippen LogP contribution is 2.23. The highest BCUT2D eigenvalue weighted by atomic mass is 35.5. The van der Waals surface area contributed by atoms with E-state index in [1.165, 1.54) is 0 Å². The Morgan fingerprint density at radius 1 is 1.00 bits per heavy atom. The summed E-state index contributed by atoms with van der Waals surface area (Å²) in [5.74, 6) is -0.112. The molecule has 3 rings (SSSR count). The summed E-state index contributed by atoms with van der Waals surface area (Å²) in [5, 5.41) is 3.73. The van der Waals surface area contributed by atoms with Crippen LogP contribution in [0.1, 0.15) is 22.9 Å². The monoisotopic (exact) mass is 337 g/mol. The third-order valence-corrected chi connectivity index (χ3v) is 3.85. The summed E-state index contributed by atoms with van der Waals surface area (Å²) >= 11 is 5.97. The quantitative estimate of drug-likeness (QED) is 0.774. The predicted octanol–water partition coefficient (Wildman–Crippen LogP) is 3.58. The molecule has 0 unspecified atom stereocenters. The Bertz CT molecular complexity index is 792. The lowest BCUT2D eigenvalue weighted by Crippen LogP contribution is -2.30. The summed E-state index contributed by atoms with van der Waals surface area (Å²) in [7, 11) is 0. The van der Waals surface area contributed by atoms with Crippen LogP contribution in [-0.2, 0) is 11.2 Å². The number of hydrogen-bond donors (Lipinski definition) is 1. The van der Waals surface area contributed by atoms with Crippen LogP contribution in [0, 0.1) is 0 Å². The molecule has 1 N–H and O–H groups in total. The fourth-order valence-corrected chi connectivity index (χ4v) is 2.58. The van der Waals surface area contributed by atoms with Crippen LogP contribution in [0.25, 0.3) is 0 Å². The topological polar surface area (TPSA) is 54.9 Å². The van der Waals surface area contributed by atoms with E-state index in [-0.39, 0.29) is 18.4 Å². The van der Waals surface area contributed by atoms with Crippen molar-refractivity contribution >= 4 is 17.5 Å². The van der Waals surface area contributed by atoms with Crippen molar-refractivity contribution in [2.45, 2.75) is 12.5 Å². The first-order valence-electron chi connectivity index (χ1n) is 7.57. The van der Waals surface area contributed by atoms with Gasteiger partial charge in [0.1, 0.15) is 0 Å². The molecule has 3 aromatic rings. The third-order valence-electron chi connectivity index (χ3n) is 3.60. The number of benzene rings is 2. The number of nitrogens with zero attached hydrogens (tertiary/aromatic N) is 2. The van der Waals surface area contributed by atoms with Gasteiger partial charge in [0, 0.05) is 23.6 Å². The molecule has 0 fully saturated rings. The van der Waals surface area contributed by atoms with Gasteiger partial charge in [-0.15, -0.1) is 0 Å². The Morgan fingerprint density at radius 3 is 2.38 bits per heavy atom.